The van der Waals surface area contributed by atoms with E-state index in [-0.39, 0.29) is 42.1 Å². The number of hydrogen-bond donors (Lipinski definition) is 2. The molecule has 7 nitrogen and oxygen atoms in total. The predicted molar refractivity (Wildman–Crippen MR) is 95.0 cm³/mol. The molecule has 2 aliphatic heterocycles. The molecule has 0 radical (unpaired) electrons. The lowest BCUT2D eigenvalue weighted by Gasteiger charge is -2.38. The fraction of sp³-hybridized carbons (Fsp3) is 0.529. The molecule has 0 spiro atoms. The quantitative estimate of drug-likeness (QED) is 0.792. The van der Waals surface area contributed by atoms with Crippen molar-refractivity contribution in [3.8, 4) is 5.75 Å². The van der Waals surface area contributed by atoms with Gasteiger partial charge in [0.1, 0.15) is 11.8 Å². The molecule has 0 aliphatic carbocycles. The number of phenolic OH excluding ortho intramolecular Hbond substituents is 1. The van der Waals surface area contributed by atoms with Gasteiger partial charge in [-0.25, -0.2) is 0 Å². The Morgan fingerprint density at radius 1 is 1.20 bits per heavy atom. The van der Waals surface area contributed by atoms with E-state index in [0.29, 0.717) is 44.9 Å². The van der Waals surface area contributed by atoms with Crippen molar-refractivity contribution in [2.75, 3.05) is 39.3 Å². The molecule has 2 heterocycles. The molecule has 2 aliphatic rings. The molecule has 2 N–H and O–H groups in total. The average Bonchev–Trinajstić information content (AvgIpc) is 2.61. The Morgan fingerprint density at radius 3 is 2.52 bits per heavy atom. The molecule has 3 rings (SSSR count). The maximum Gasteiger partial charge on any atom is 0.254 e. The Hall–Kier alpha value is -1.83. The summed E-state index contributed by atoms with van der Waals surface area (Å²) in [5.74, 6) is -0.0100. The summed E-state index contributed by atoms with van der Waals surface area (Å²) in [6.07, 6.45) is -0.141. The number of nitrogens with zero attached hydrogens (tertiary/aromatic N) is 2. The Bertz CT molecular complexity index is 620. The molecule has 2 saturated heterocycles. The summed E-state index contributed by atoms with van der Waals surface area (Å²) in [6.45, 7) is 5.19. The molecule has 2 fully saturated rings. The van der Waals surface area contributed by atoms with Crippen LogP contribution in [0.15, 0.2) is 24.3 Å². The number of morpholine rings is 1. The Morgan fingerprint density at radius 2 is 1.88 bits per heavy atom. The molecular weight excluding hydrogens is 346 g/mol. The molecule has 8 heteroatoms. The highest BCUT2D eigenvalue weighted by Crippen LogP contribution is 2.15. The summed E-state index contributed by atoms with van der Waals surface area (Å²) in [6, 6.07) is 6.02. The molecule has 2 atom stereocenters. The van der Waals surface area contributed by atoms with E-state index in [1.807, 2.05) is 6.92 Å². The van der Waals surface area contributed by atoms with Crippen molar-refractivity contribution in [3.63, 3.8) is 0 Å². The Balaban J connectivity index is 0.00000225. The van der Waals surface area contributed by atoms with Gasteiger partial charge in [0.2, 0.25) is 5.91 Å². The normalized spacial score (nSPS) is 23.7. The topological polar surface area (TPSA) is 82.1 Å². The van der Waals surface area contributed by atoms with E-state index in [0.717, 1.165) is 0 Å². The number of carbonyl (C=O) groups is 2. The van der Waals surface area contributed by atoms with E-state index in [1.165, 1.54) is 12.1 Å². The number of carbonyl (C=O) groups excluding carboxylic acids is 2. The summed E-state index contributed by atoms with van der Waals surface area (Å²) in [5.41, 5.74) is 0.464. The molecule has 1 aromatic rings. The van der Waals surface area contributed by atoms with Crippen molar-refractivity contribution in [1.82, 2.24) is 15.1 Å². The minimum absolute atomic E-state index is 0. The molecule has 0 saturated carbocycles. The highest BCUT2D eigenvalue weighted by molar-refractivity contribution is 5.94. The SMILES string of the molecule is C[C@H]1OCCN[C@@H]1C(=O)N1CCN(C(=O)c2cccc(O)c2)CC1.Cl. The van der Waals surface area contributed by atoms with Crippen molar-refractivity contribution >= 4 is 24.2 Å². The summed E-state index contributed by atoms with van der Waals surface area (Å²) < 4.78 is 5.53. The van der Waals surface area contributed by atoms with Gasteiger partial charge in [0.25, 0.3) is 5.91 Å². The third-order valence-corrected chi connectivity index (χ3v) is 4.55. The van der Waals surface area contributed by atoms with Gasteiger partial charge in [-0.1, -0.05) is 6.07 Å². The Kier molecular flexibility index (Phi) is 6.64. The maximum atomic E-state index is 12.6. The van der Waals surface area contributed by atoms with Crippen LogP contribution in [0.3, 0.4) is 0 Å². The van der Waals surface area contributed by atoms with E-state index < -0.39 is 0 Å². The van der Waals surface area contributed by atoms with Crippen molar-refractivity contribution < 1.29 is 19.4 Å². The molecule has 138 valence electrons. The molecule has 0 aromatic heterocycles. The lowest BCUT2D eigenvalue weighted by Crippen LogP contribution is -2.60. The number of nitrogens with one attached hydrogen (secondary N) is 1. The van der Waals surface area contributed by atoms with Crippen molar-refractivity contribution in [2.45, 2.75) is 19.1 Å². The first-order valence-electron chi connectivity index (χ1n) is 8.28. The lowest BCUT2D eigenvalue weighted by atomic mass is 10.1. The largest absolute Gasteiger partial charge is 0.508 e. The van der Waals surface area contributed by atoms with Crippen molar-refractivity contribution in [1.29, 1.82) is 0 Å². The van der Waals surface area contributed by atoms with Crippen LogP contribution >= 0.6 is 12.4 Å². The smallest absolute Gasteiger partial charge is 0.254 e. The standard InChI is InChI=1S/C17H23N3O4.ClH/c1-12-15(18-5-10-24-12)17(23)20-8-6-19(7-9-20)16(22)13-3-2-4-14(21)11-13;/h2-4,11-12,15,18,21H,5-10H2,1H3;1H/t12-,15+;/m1./s1. The molecule has 0 bridgehead atoms. The van der Waals surface area contributed by atoms with Gasteiger partial charge in [0.15, 0.2) is 0 Å². The number of benzene rings is 1. The summed E-state index contributed by atoms with van der Waals surface area (Å²) in [7, 11) is 0. The molecule has 2 amide bonds. The van der Waals surface area contributed by atoms with Crippen LogP contribution in [0.4, 0.5) is 0 Å². The highest BCUT2D eigenvalue weighted by atomic mass is 35.5. The van der Waals surface area contributed by atoms with E-state index in [1.54, 1.807) is 21.9 Å². The van der Waals surface area contributed by atoms with Crippen LogP contribution in [0.5, 0.6) is 5.75 Å². The number of halogens is 1. The van der Waals surface area contributed by atoms with Crippen LogP contribution in [-0.2, 0) is 9.53 Å². The zero-order valence-electron chi connectivity index (χ0n) is 14.2. The highest BCUT2D eigenvalue weighted by Gasteiger charge is 2.34. The number of piperazine rings is 1. The maximum absolute atomic E-state index is 12.6. The number of hydrogen-bond acceptors (Lipinski definition) is 5. The number of amides is 2. The van der Waals surface area contributed by atoms with Crippen LogP contribution in [0, 0.1) is 0 Å². The predicted octanol–water partition coefficient (Wildman–Crippen LogP) is 0.475. The monoisotopic (exact) mass is 369 g/mol. The second-order valence-corrected chi connectivity index (χ2v) is 6.18. The van der Waals surface area contributed by atoms with E-state index in [9.17, 15) is 14.7 Å². The Labute approximate surface area is 153 Å². The fourth-order valence-corrected chi connectivity index (χ4v) is 3.16. The zero-order chi connectivity index (χ0) is 17.1. The third kappa shape index (κ3) is 4.42. The van der Waals surface area contributed by atoms with Gasteiger partial charge in [0, 0.05) is 38.3 Å². The first kappa shape index (κ1) is 19.5. The molecule has 1 aromatic carbocycles. The van der Waals surface area contributed by atoms with E-state index in [4.69, 9.17) is 4.74 Å². The third-order valence-electron chi connectivity index (χ3n) is 4.55. The summed E-state index contributed by atoms with van der Waals surface area (Å²) in [4.78, 5) is 28.6. The van der Waals surface area contributed by atoms with Gasteiger partial charge in [-0.2, -0.15) is 0 Å². The van der Waals surface area contributed by atoms with E-state index in [2.05, 4.69) is 5.32 Å². The van der Waals surface area contributed by atoms with Crippen LogP contribution in [0.2, 0.25) is 0 Å². The first-order valence-corrected chi connectivity index (χ1v) is 8.28. The van der Waals surface area contributed by atoms with Crippen molar-refractivity contribution in [2.24, 2.45) is 0 Å². The molecule has 25 heavy (non-hydrogen) atoms. The first-order chi connectivity index (χ1) is 11.6. The van der Waals surface area contributed by atoms with Gasteiger partial charge in [-0.3, -0.25) is 9.59 Å². The van der Waals surface area contributed by atoms with Crippen LogP contribution in [0.1, 0.15) is 17.3 Å². The van der Waals surface area contributed by atoms with Gasteiger partial charge < -0.3 is 25.0 Å². The van der Waals surface area contributed by atoms with Crippen molar-refractivity contribution in [3.05, 3.63) is 29.8 Å². The number of rotatable bonds is 2. The van der Waals surface area contributed by atoms with Gasteiger partial charge in [0.05, 0.1) is 12.7 Å². The fourth-order valence-electron chi connectivity index (χ4n) is 3.16. The number of aromatic hydroxyl groups is 1. The van der Waals surface area contributed by atoms with Gasteiger partial charge in [-0.05, 0) is 25.1 Å². The zero-order valence-corrected chi connectivity index (χ0v) is 15.0. The minimum Gasteiger partial charge on any atom is -0.508 e. The molecule has 0 unspecified atom stereocenters. The van der Waals surface area contributed by atoms with E-state index >= 15 is 0 Å². The van der Waals surface area contributed by atoms with Crippen LogP contribution in [0.25, 0.3) is 0 Å². The molecular formula is C17H24ClN3O4. The van der Waals surface area contributed by atoms with Gasteiger partial charge >= 0.3 is 0 Å². The second-order valence-electron chi connectivity index (χ2n) is 6.18. The van der Waals surface area contributed by atoms with Crippen LogP contribution in [-0.4, -0.2) is 78.2 Å². The summed E-state index contributed by atoms with van der Waals surface area (Å²) in [5, 5.41) is 12.7. The number of ether oxygens (including phenoxy) is 1. The average molecular weight is 370 g/mol. The van der Waals surface area contributed by atoms with Gasteiger partial charge in [-0.15, -0.1) is 12.4 Å². The number of phenols is 1. The van der Waals surface area contributed by atoms with Crippen LogP contribution < -0.4 is 5.32 Å². The minimum atomic E-state index is -0.313. The summed E-state index contributed by atoms with van der Waals surface area (Å²) >= 11 is 0. The second kappa shape index (κ2) is 8.51. The lowest BCUT2D eigenvalue weighted by molar-refractivity contribution is -0.140.